The molecule has 1 aliphatic rings. The van der Waals surface area contributed by atoms with E-state index in [-0.39, 0.29) is 18.2 Å². The lowest BCUT2D eigenvalue weighted by Gasteiger charge is -2.53. The molecule has 1 rings (SSSR count). The van der Waals surface area contributed by atoms with Gasteiger partial charge in [-0.2, -0.15) is 0 Å². The molecule has 2 atom stereocenters. The molecule has 4 heteroatoms. The van der Waals surface area contributed by atoms with Gasteiger partial charge in [-0.3, -0.25) is 0 Å². The second-order valence-corrected chi connectivity index (χ2v) is 12.4. The van der Waals surface area contributed by atoms with E-state index in [4.69, 9.17) is 4.74 Å². The van der Waals surface area contributed by atoms with Crippen LogP contribution in [0.2, 0.25) is 23.2 Å². The van der Waals surface area contributed by atoms with Gasteiger partial charge in [-0.1, -0.05) is 64.7 Å². The zero-order chi connectivity index (χ0) is 15.9. The number of carbonyl (C=O) groups excluding carboxylic acids is 1. The number of carbonyl (C=O) groups is 1. The van der Waals surface area contributed by atoms with Crippen molar-refractivity contribution in [2.45, 2.75) is 95.5 Å². The van der Waals surface area contributed by atoms with Gasteiger partial charge in [0.05, 0.1) is 14.2 Å². The molecule has 0 aromatic heterocycles. The van der Waals surface area contributed by atoms with E-state index in [0.717, 1.165) is 6.42 Å². The lowest BCUT2D eigenvalue weighted by molar-refractivity contribution is -0.142. The molecule has 0 bridgehead atoms. The number of ether oxygens (including phenoxy) is 1. The van der Waals surface area contributed by atoms with Crippen LogP contribution < -0.4 is 6.15 Å². The van der Waals surface area contributed by atoms with Gasteiger partial charge in [0.25, 0.3) is 0 Å². The van der Waals surface area contributed by atoms with Crippen molar-refractivity contribution in [3.63, 3.8) is 0 Å². The molecule has 1 saturated heterocycles. The molecule has 0 aromatic carbocycles. The van der Waals surface area contributed by atoms with Crippen molar-refractivity contribution in [3.05, 3.63) is 12.7 Å². The van der Waals surface area contributed by atoms with Gasteiger partial charge >= 0.3 is 5.97 Å². The summed E-state index contributed by atoms with van der Waals surface area (Å²) >= 11 is 0. The molecule has 2 unspecified atom stereocenters. The molecule has 0 spiro atoms. The molecule has 0 saturated carbocycles. The summed E-state index contributed by atoms with van der Waals surface area (Å²) in [6.07, 6.45) is 9.07. The summed E-state index contributed by atoms with van der Waals surface area (Å²) in [5, 5.41) is 0.573. The number of hydrogen-bond acceptors (Lipinski definition) is 3. The topological polar surface area (TPSA) is 61.3 Å². The van der Waals surface area contributed by atoms with Crippen LogP contribution >= 0.6 is 0 Å². The zero-order valence-corrected chi connectivity index (χ0v) is 16.2. The van der Waals surface area contributed by atoms with Crippen LogP contribution in [0.1, 0.15) is 66.2 Å². The van der Waals surface area contributed by atoms with E-state index in [1.807, 2.05) is 6.92 Å². The molecule has 0 amide bonds. The van der Waals surface area contributed by atoms with Gasteiger partial charge < -0.3 is 10.9 Å². The van der Waals surface area contributed by atoms with Crippen LogP contribution in [0.15, 0.2) is 12.7 Å². The first kappa shape index (κ1) is 21.4. The highest BCUT2D eigenvalue weighted by molar-refractivity contribution is 6.82. The van der Waals surface area contributed by atoms with Gasteiger partial charge in [-0.05, 0) is 31.2 Å². The highest BCUT2D eigenvalue weighted by Gasteiger charge is 2.50. The minimum atomic E-state index is -1.19. The second-order valence-electron chi connectivity index (χ2n) is 6.82. The summed E-state index contributed by atoms with van der Waals surface area (Å²) in [6, 6.07) is 4.34. The standard InChI is InChI=1S/C18H34O2Si.H3N/c1-6-17(19)20-16(5)12-14-18(7-2)13-10-11-15-21(18,8-3)9-4;/h6,16H,1,7-15H2,2-5H3;1H3. The summed E-state index contributed by atoms with van der Waals surface area (Å²) in [5.41, 5.74) is 0. The van der Waals surface area contributed by atoms with Gasteiger partial charge in [0, 0.05) is 6.08 Å². The first-order valence-electron chi connectivity index (χ1n) is 8.82. The third-order valence-corrected chi connectivity index (χ3v) is 13.4. The molecule has 22 heavy (non-hydrogen) atoms. The zero-order valence-electron chi connectivity index (χ0n) is 15.2. The molecule has 1 fully saturated rings. The molecule has 1 heterocycles. The monoisotopic (exact) mass is 327 g/mol. The molecular weight excluding hydrogens is 290 g/mol. The molecule has 0 aromatic rings. The molecule has 0 aliphatic carbocycles. The van der Waals surface area contributed by atoms with Crippen molar-refractivity contribution in [3.8, 4) is 0 Å². The van der Waals surface area contributed by atoms with E-state index >= 15 is 0 Å². The second kappa shape index (κ2) is 9.51. The summed E-state index contributed by atoms with van der Waals surface area (Å²) in [5.74, 6) is -0.286. The van der Waals surface area contributed by atoms with Crippen molar-refractivity contribution in [1.29, 1.82) is 0 Å². The Kier molecular flexibility index (Phi) is 9.24. The smallest absolute Gasteiger partial charge is 0.330 e. The Hall–Kier alpha value is -0.613. The first-order chi connectivity index (χ1) is 9.99. The average Bonchev–Trinajstić information content (AvgIpc) is 2.52. The van der Waals surface area contributed by atoms with Gasteiger partial charge in [0.1, 0.15) is 0 Å². The third-order valence-electron chi connectivity index (χ3n) is 6.23. The molecule has 0 radical (unpaired) electrons. The Morgan fingerprint density at radius 1 is 1.32 bits per heavy atom. The Morgan fingerprint density at radius 2 is 1.95 bits per heavy atom. The van der Waals surface area contributed by atoms with E-state index in [9.17, 15) is 4.79 Å². The van der Waals surface area contributed by atoms with Crippen LogP contribution in [0.4, 0.5) is 0 Å². The van der Waals surface area contributed by atoms with E-state index in [1.165, 1.54) is 56.3 Å². The fourth-order valence-electron chi connectivity index (χ4n) is 4.71. The fourth-order valence-corrected chi connectivity index (χ4v) is 11.0. The van der Waals surface area contributed by atoms with Gasteiger partial charge in [-0.25, -0.2) is 4.79 Å². The molecule has 3 nitrogen and oxygen atoms in total. The van der Waals surface area contributed by atoms with Crippen LogP contribution in [-0.2, 0) is 9.53 Å². The minimum absolute atomic E-state index is 0. The van der Waals surface area contributed by atoms with Crippen molar-refractivity contribution in [2.24, 2.45) is 0 Å². The highest BCUT2D eigenvalue weighted by Crippen LogP contribution is 2.58. The first-order valence-corrected chi connectivity index (χ1v) is 11.4. The molecule has 130 valence electrons. The maximum absolute atomic E-state index is 11.3. The van der Waals surface area contributed by atoms with Crippen LogP contribution in [0.5, 0.6) is 0 Å². The predicted octanol–water partition coefficient (Wildman–Crippen LogP) is 5.87. The minimum Gasteiger partial charge on any atom is -0.460 e. The van der Waals surface area contributed by atoms with Gasteiger partial charge in [0.15, 0.2) is 0 Å². The Labute approximate surface area is 138 Å². The van der Waals surface area contributed by atoms with Crippen LogP contribution in [-0.4, -0.2) is 20.1 Å². The largest absolute Gasteiger partial charge is 0.460 e. The lowest BCUT2D eigenvalue weighted by atomic mass is 9.91. The average molecular weight is 328 g/mol. The van der Waals surface area contributed by atoms with E-state index in [1.54, 1.807) is 0 Å². The van der Waals surface area contributed by atoms with Crippen molar-refractivity contribution < 1.29 is 9.53 Å². The Bertz CT molecular complexity index is 355. The van der Waals surface area contributed by atoms with Gasteiger partial charge in [-0.15, -0.1) is 0 Å². The van der Waals surface area contributed by atoms with Gasteiger partial charge in [0.2, 0.25) is 0 Å². The quantitative estimate of drug-likeness (QED) is 0.344. The maximum Gasteiger partial charge on any atom is 0.330 e. The molecule has 3 N–H and O–H groups in total. The fraction of sp³-hybridized carbons (Fsp3) is 0.833. The van der Waals surface area contributed by atoms with Crippen LogP contribution in [0, 0.1) is 0 Å². The highest BCUT2D eigenvalue weighted by atomic mass is 28.3. The van der Waals surface area contributed by atoms with Crippen LogP contribution in [0.25, 0.3) is 0 Å². The summed E-state index contributed by atoms with van der Waals surface area (Å²) in [7, 11) is -1.19. The Balaban J connectivity index is 0.00000441. The van der Waals surface area contributed by atoms with Crippen molar-refractivity contribution >= 4 is 14.0 Å². The molecule has 1 aliphatic heterocycles. The van der Waals surface area contributed by atoms with Crippen LogP contribution in [0.3, 0.4) is 0 Å². The normalized spacial score (nSPS) is 24.9. The van der Waals surface area contributed by atoms with E-state index in [2.05, 4.69) is 27.4 Å². The predicted molar refractivity (Wildman–Crippen MR) is 98.4 cm³/mol. The van der Waals surface area contributed by atoms with Crippen molar-refractivity contribution in [1.82, 2.24) is 6.15 Å². The Morgan fingerprint density at radius 3 is 2.45 bits per heavy atom. The number of esters is 1. The van der Waals surface area contributed by atoms with E-state index < -0.39 is 8.07 Å². The molecular formula is C18H37NO2Si. The van der Waals surface area contributed by atoms with Crippen molar-refractivity contribution in [2.75, 3.05) is 0 Å². The number of rotatable bonds is 8. The third kappa shape index (κ3) is 4.45. The summed E-state index contributed by atoms with van der Waals surface area (Å²) in [6.45, 7) is 12.7. The summed E-state index contributed by atoms with van der Waals surface area (Å²) < 4.78 is 5.37. The number of hydrogen-bond donors (Lipinski definition) is 1. The maximum atomic E-state index is 11.3. The summed E-state index contributed by atoms with van der Waals surface area (Å²) in [4.78, 5) is 11.3. The lowest BCUT2D eigenvalue weighted by Crippen LogP contribution is -2.49. The van der Waals surface area contributed by atoms with E-state index in [0.29, 0.717) is 5.04 Å². The SMILES string of the molecule is C=CC(=O)OC(C)CCC1(CC)CCCC[Si]1(CC)CC.N.